The van der Waals surface area contributed by atoms with Crippen LogP contribution in [-0.4, -0.2) is 73.8 Å². The quantitative estimate of drug-likeness (QED) is 0.635. The zero-order chi connectivity index (χ0) is 22.8. The average Bonchev–Trinajstić information content (AvgIpc) is 2.82. The van der Waals surface area contributed by atoms with Crippen molar-refractivity contribution in [3.8, 4) is 22.6 Å². The third-order valence-electron chi connectivity index (χ3n) is 6.22. The van der Waals surface area contributed by atoms with Crippen molar-refractivity contribution in [3.05, 3.63) is 46.5 Å². The summed E-state index contributed by atoms with van der Waals surface area (Å²) in [6.45, 7) is 4.88. The van der Waals surface area contributed by atoms with Crippen LogP contribution < -0.4 is 20.3 Å². The van der Waals surface area contributed by atoms with Crippen LogP contribution in [0.1, 0.15) is 5.56 Å². The number of fused-ring (bicyclic) bond motifs is 1. The average molecular weight is 438 g/mol. The van der Waals surface area contributed by atoms with Crippen LogP contribution in [0.2, 0.25) is 0 Å². The largest absolute Gasteiger partial charge is 0.496 e. The molecule has 8 nitrogen and oxygen atoms in total. The number of nitrogens with zero attached hydrogens (tertiary/aromatic N) is 4. The van der Waals surface area contributed by atoms with E-state index in [1.165, 1.54) is 0 Å². The van der Waals surface area contributed by atoms with Gasteiger partial charge in [-0.1, -0.05) is 0 Å². The molecule has 1 aromatic carbocycles. The lowest BCUT2D eigenvalue weighted by atomic mass is 9.99. The van der Waals surface area contributed by atoms with Gasteiger partial charge in [-0.2, -0.15) is 0 Å². The van der Waals surface area contributed by atoms with E-state index in [4.69, 9.17) is 9.47 Å². The first-order chi connectivity index (χ1) is 15.4. The number of aromatic nitrogens is 2. The Labute approximate surface area is 188 Å². The highest BCUT2D eigenvalue weighted by Gasteiger charge is 2.21. The minimum atomic E-state index is -0.0618. The van der Waals surface area contributed by atoms with Gasteiger partial charge in [0.05, 0.1) is 25.2 Å². The van der Waals surface area contributed by atoms with Crippen molar-refractivity contribution in [1.82, 2.24) is 19.4 Å². The van der Waals surface area contributed by atoms with Gasteiger partial charge in [0.25, 0.3) is 5.56 Å². The van der Waals surface area contributed by atoms with E-state index in [9.17, 15) is 4.79 Å². The highest BCUT2D eigenvalue weighted by molar-refractivity contribution is 5.96. The fourth-order valence-corrected chi connectivity index (χ4v) is 4.25. The molecule has 4 rings (SSSR count). The van der Waals surface area contributed by atoms with E-state index in [2.05, 4.69) is 27.1 Å². The van der Waals surface area contributed by atoms with Crippen molar-refractivity contribution in [2.75, 3.05) is 59.8 Å². The fourth-order valence-electron chi connectivity index (χ4n) is 4.25. The highest BCUT2D eigenvalue weighted by atomic mass is 16.5. The van der Waals surface area contributed by atoms with Crippen molar-refractivity contribution in [3.63, 3.8) is 0 Å². The van der Waals surface area contributed by atoms with E-state index in [0.29, 0.717) is 11.2 Å². The molecule has 1 aliphatic heterocycles. The topological polar surface area (TPSA) is 71.9 Å². The Morgan fingerprint density at radius 3 is 2.25 bits per heavy atom. The third-order valence-corrected chi connectivity index (χ3v) is 6.22. The van der Waals surface area contributed by atoms with Crippen molar-refractivity contribution in [2.45, 2.75) is 6.54 Å². The van der Waals surface area contributed by atoms with Crippen LogP contribution in [0.3, 0.4) is 0 Å². The van der Waals surface area contributed by atoms with Crippen molar-refractivity contribution in [1.29, 1.82) is 0 Å². The lowest BCUT2D eigenvalue weighted by Gasteiger charge is -2.33. The molecule has 0 spiro atoms. The van der Waals surface area contributed by atoms with Crippen LogP contribution in [0.15, 0.2) is 35.4 Å². The summed E-state index contributed by atoms with van der Waals surface area (Å²) in [6.07, 6.45) is 3.59. The number of methoxy groups -OCH3 is 2. The van der Waals surface area contributed by atoms with Crippen LogP contribution in [0, 0.1) is 0 Å². The molecule has 0 radical (unpaired) electrons. The molecule has 0 amide bonds. The molecule has 0 atom stereocenters. The molecular formula is C24H31N5O3. The van der Waals surface area contributed by atoms with E-state index >= 15 is 0 Å². The number of piperazine rings is 1. The summed E-state index contributed by atoms with van der Waals surface area (Å²) >= 11 is 0. The Balaban J connectivity index is 1.82. The Hall–Kier alpha value is -3.10. The van der Waals surface area contributed by atoms with Crippen LogP contribution in [0.4, 0.5) is 5.82 Å². The predicted molar refractivity (Wildman–Crippen MR) is 128 cm³/mol. The Bertz CT molecular complexity index is 1160. The SMILES string of the molecule is CNc1cc2c(=O)n(C)cc(-c3cc(OC)c(CN4CCN(C)CC4)c(OC)c3)c2cn1. The van der Waals surface area contributed by atoms with Gasteiger partial charge in [0.1, 0.15) is 17.3 Å². The maximum Gasteiger partial charge on any atom is 0.258 e. The van der Waals surface area contributed by atoms with Gasteiger partial charge in [0.15, 0.2) is 0 Å². The number of hydrogen-bond acceptors (Lipinski definition) is 7. The predicted octanol–water partition coefficient (Wildman–Crippen LogP) is 2.41. The molecule has 3 heterocycles. The lowest BCUT2D eigenvalue weighted by molar-refractivity contribution is 0.146. The molecule has 8 heteroatoms. The van der Waals surface area contributed by atoms with E-state index < -0.39 is 0 Å². The number of hydrogen-bond donors (Lipinski definition) is 1. The number of nitrogens with one attached hydrogen (secondary N) is 1. The van der Waals surface area contributed by atoms with E-state index in [1.54, 1.807) is 45.1 Å². The highest BCUT2D eigenvalue weighted by Crippen LogP contribution is 2.38. The smallest absolute Gasteiger partial charge is 0.258 e. The molecule has 0 unspecified atom stereocenters. The summed E-state index contributed by atoms with van der Waals surface area (Å²) in [5.74, 6) is 2.21. The Kier molecular flexibility index (Phi) is 6.34. The number of aryl methyl sites for hydroxylation is 1. The van der Waals surface area contributed by atoms with Crippen LogP contribution in [0.5, 0.6) is 11.5 Å². The third kappa shape index (κ3) is 4.16. The molecule has 1 saturated heterocycles. The van der Waals surface area contributed by atoms with E-state index in [0.717, 1.165) is 66.3 Å². The summed E-state index contributed by atoms with van der Waals surface area (Å²) < 4.78 is 13.2. The molecular weight excluding hydrogens is 406 g/mol. The summed E-state index contributed by atoms with van der Waals surface area (Å²) in [5, 5.41) is 4.41. The van der Waals surface area contributed by atoms with Crippen molar-refractivity contribution in [2.24, 2.45) is 7.05 Å². The van der Waals surface area contributed by atoms with E-state index in [-0.39, 0.29) is 5.56 Å². The molecule has 0 bridgehead atoms. The van der Waals surface area contributed by atoms with Gasteiger partial charge in [0.2, 0.25) is 0 Å². The first-order valence-electron chi connectivity index (χ1n) is 10.8. The van der Waals surface area contributed by atoms with Gasteiger partial charge in [-0.25, -0.2) is 4.98 Å². The molecule has 3 aromatic rings. The molecule has 1 aliphatic rings. The molecule has 32 heavy (non-hydrogen) atoms. The molecule has 0 aliphatic carbocycles. The Morgan fingerprint density at radius 2 is 1.66 bits per heavy atom. The summed E-state index contributed by atoms with van der Waals surface area (Å²) in [7, 11) is 9.08. The van der Waals surface area contributed by atoms with E-state index in [1.807, 2.05) is 18.3 Å². The molecule has 2 aromatic heterocycles. The zero-order valence-electron chi connectivity index (χ0n) is 19.4. The van der Waals surface area contributed by atoms with Crippen LogP contribution in [0.25, 0.3) is 21.9 Å². The summed E-state index contributed by atoms with van der Waals surface area (Å²) in [4.78, 5) is 22.0. The number of ether oxygens (including phenoxy) is 2. The minimum Gasteiger partial charge on any atom is -0.496 e. The molecule has 170 valence electrons. The number of rotatable bonds is 6. The minimum absolute atomic E-state index is 0.0618. The second-order valence-electron chi connectivity index (χ2n) is 8.26. The van der Waals surface area contributed by atoms with Gasteiger partial charge < -0.3 is 24.3 Å². The monoisotopic (exact) mass is 437 g/mol. The van der Waals surface area contributed by atoms with Gasteiger partial charge in [-0.05, 0) is 30.8 Å². The number of likely N-dealkylation sites (N-methyl/N-ethyl adjacent to an activating group) is 1. The van der Waals surface area contributed by atoms with Gasteiger partial charge in [0, 0.05) is 70.2 Å². The fraction of sp³-hybridized carbons (Fsp3) is 0.417. The van der Waals surface area contributed by atoms with Crippen molar-refractivity contribution < 1.29 is 9.47 Å². The zero-order valence-corrected chi connectivity index (χ0v) is 19.4. The maximum atomic E-state index is 12.8. The molecule has 1 N–H and O–H groups in total. The molecule has 0 saturated carbocycles. The normalized spacial score (nSPS) is 15.2. The summed E-state index contributed by atoms with van der Waals surface area (Å²) in [5.41, 5.74) is 2.79. The van der Waals surface area contributed by atoms with Gasteiger partial charge >= 0.3 is 0 Å². The van der Waals surface area contributed by atoms with Gasteiger partial charge in [-0.3, -0.25) is 9.69 Å². The van der Waals surface area contributed by atoms with Crippen LogP contribution >= 0.6 is 0 Å². The maximum absolute atomic E-state index is 12.8. The second-order valence-corrected chi connectivity index (χ2v) is 8.26. The second kappa shape index (κ2) is 9.18. The summed E-state index contributed by atoms with van der Waals surface area (Å²) in [6, 6.07) is 5.84. The van der Waals surface area contributed by atoms with Crippen molar-refractivity contribution >= 4 is 16.6 Å². The number of pyridine rings is 2. The first kappa shape index (κ1) is 22.1. The number of benzene rings is 1. The molecule has 1 fully saturated rings. The Morgan fingerprint density at radius 1 is 1.00 bits per heavy atom. The van der Waals surface area contributed by atoms with Crippen LogP contribution in [-0.2, 0) is 13.6 Å². The van der Waals surface area contributed by atoms with Gasteiger partial charge in [-0.15, -0.1) is 0 Å². The lowest BCUT2D eigenvalue weighted by Crippen LogP contribution is -2.43. The first-order valence-corrected chi connectivity index (χ1v) is 10.8. The standard InChI is InChI=1S/C24H31N5O3/c1-25-23-12-17-18(13-26-23)19(14-28(3)24(17)30)16-10-21(31-4)20(22(11-16)32-5)15-29-8-6-27(2)7-9-29/h10-14H,6-9,15H2,1-5H3,(H,25,26). The number of anilines is 1.